The number of para-hydroxylation sites is 1. The highest BCUT2D eigenvalue weighted by Crippen LogP contribution is 2.35. The number of methoxy groups -OCH3 is 2. The maximum atomic E-state index is 14.2. The number of hydrogen-bond donors (Lipinski definition) is 0. The number of aromatic nitrogens is 2. The van der Waals surface area contributed by atoms with E-state index in [1.807, 2.05) is 6.07 Å². The lowest BCUT2D eigenvalue weighted by Crippen LogP contribution is -2.15. The molecule has 1 aromatic heterocycles. The molecule has 32 heavy (non-hydrogen) atoms. The molecule has 0 unspecified atom stereocenters. The maximum Gasteiger partial charge on any atom is 0.357 e. The van der Waals surface area contributed by atoms with Crippen LogP contribution >= 0.6 is 0 Å². The highest BCUT2D eigenvalue weighted by molar-refractivity contribution is 6.07. The summed E-state index contributed by atoms with van der Waals surface area (Å²) in [5.41, 5.74) is 0.563. The molecule has 0 atom stereocenters. The Kier molecular flexibility index (Phi) is 7.59. The molecule has 0 aliphatic rings. The van der Waals surface area contributed by atoms with Gasteiger partial charge in [-0.1, -0.05) is 38.0 Å². The normalized spacial score (nSPS) is 10.6. The second kappa shape index (κ2) is 10.6. The summed E-state index contributed by atoms with van der Waals surface area (Å²) in [5, 5.41) is 4.50. The summed E-state index contributed by atoms with van der Waals surface area (Å²) >= 11 is 0. The Morgan fingerprint density at radius 3 is 2.38 bits per heavy atom. The molecule has 0 aliphatic carbocycles. The van der Waals surface area contributed by atoms with E-state index in [1.165, 1.54) is 37.1 Å². The molecule has 8 heteroatoms. The number of esters is 2. The predicted octanol–water partition coefficient (Wildman–Crippen LogP) is 4.82. The van der Waals surface area contributed by atoms with E-state index in [0.29, 0.717) is 18.0 Å². The van der Waals surface area contributed by atoms with Gasteiger partial charge >= 0.3 is 11.9 Å². The first kappa shape index (κ1) is 23.0. The minimum Gasteiger partial charge on any atom is -0.493 e. The number of carbonyl (C=O) groups is 2. The first-order valence-electron chi connectivity index (χ1n) is 10.3. The van der Waals surface area contributed by atoms with Crippen LogP contribution in [0, 0.1) is 5.82 Å². The molecule has 168 valence electrons. The first-order valence-corrected chi connectivity index (χ1v) is 10.3. The molecule has 0 saturated carbocycles. The van der Waals surface area contributed by atoms with E-state index in [0.717, 1.165) is 19.3 Å². The van der Waals surface area contributed by atoms with Crippen molar-refractivity contribution in [1.82, 2.24) is 9.78 Å². The zero-order valence-corrected chi connectivity index (χ0v) is 18.3. The predicted molar refractivity (Wildman–Crippen MR) is 117 cm³/mol. The van der Waals surface area contributed by atoms with Crippen molar-refractivity contribution in [3.63, 3.8) is 0 Å². The summed E-state index contributed by atoms with van der Waals surface area (Å²) in [4.78, 5) is 25.5. The number of nitrogens with zero attached hydrogens (tertiary/aromatic N) is 2. The number of hydrogen-bond acceptors (Lipinski definition) is 6. The number of benzene rings is 2. The molecule has 0 radical (unpaired) electrons. The maximum absolute atomic E-state index is 14.2. The van der Waals surface area contributed by atoms with Crippen LogP contribution in [0.3, 0.4) is 0 Å². The Hall–Kier alpha value is -3.68. The van der Waals surface area contributed by atoms with E-state index in [4.69, 9.17) is 14.2 Å². The highest BCUT2D eigenvalue weighted by atomic mass is 19.1. The van der Waals surface area contributed by atoms with Gasteiger partial charge in [0.15, 0.2) is 5.69 Å². The molecule has 3 aromatic rings. The Labute approximate surface area is 185 Å². The van der Waals surface area contributed by atoms with Gasteiger partial charge in [-0.2, -0.15) is 5.10 Å². The minimum absolute atomic E-state index is 0.0612. The Morgan fingerprint density at radius 1 is 1.00 bits per heavy atom. The topological polar surface area (TPSA) is 79.7 Å². The van der Waals surface area contributed by atoms with Crippen LogP contribution in [0.1, 0.15) is 47.0 Å². The van der Waals surface area contributed by atoms with Crippen LogP contribution in [0.2, 0.25) is 0 Å². The second-order valence-corrected chi connectivity index (χ2v) is 7.00. The van der Waals surface area contributed by atoms with Crippen LogP contribution in [0.15, 0.2) is 48.5 Å². The monoisotopic (exact) mass is 440 g/mol. The van der Waals surface area contributed by atoms with Crippen molar-refractivity contribution in [1.29, 1.82) is 0 Å². The molecule has 7 nitrogen and oxygen atoms in total. The number of ether oxygens (including phenoxy) is 3. The van der Waals surface area contributed by atoms with Gasteiger partial charge in [0.05, 0.1) is 26.5 Å². The summed E-state index contributed by atoms with van der Waals surface area (Å²) < 4.78 is 31.3. The third-order valence-electron chi connectivity index (χ3n) is 4.86. The van der Waals surface area contributed by atoms with E-state index in [9.17, 15) is 14.0 Å². The molecule has 1 heterocycles. The molecule has 0 saturated heterocycles. The summed E-state index contributed by atoms with van der Waals surface area (Å²) in [5.74, 6) is -1.77. The summed E-state index contributed by atoms with van der Waals surface area (Å²) in [6.07, 6.45) is 2.83. The van der Waals surface area contributed by atoms with E-state index >= 15 is 0 Å². The molecule has 0 fully saturated rings. The van der Waals surface area contributed by atoms with E-state index < -0.39 is 17.8 Å². The Bertz CT molecular complexity index is 1100. The lowest BCUT2D eigenvalue weighted by atomic mass is 10.0. The second-order valence-electron chi connectivity index (χ2n) is 7.00. The Morgan fingerprint density at radius 2 is 1.72 bits per heavy atom. The minimum atomic E-state index is -0.802. The van der Waals surface area contributed by atoms with E-state index in [1.54, 1.807) is 24.3 Å². The van der Waals surface area contributed by atoms with Crippen molar-refractivity contribution in [2.24, 2.45) is 0 Å². The SMILES string of the molecule is CCCCCOc1ccc(F)cc1-c1nn(-c2ccccc2)c(C(=O)OC)c1C(=O)OC. The van der Waals surface area contributed by atoms with Gasteiger partial charge in [-0.15, -0.1) is 0 Å². The molecular formula is C24H25FN2O5. The molecular weight excluding hydrogens is 415 g/mol. The molecule has 0 aliphatic heterocycles. The van der Waals surface area contributed by atoms with Crippen LogP contribution in [0.5, 0.6) is 5.75 Å². The lowest BCUT2D eigenvalue weighted by molar-refractivity contribution is 0.0549. The van der Waals surface area contributed by atoms with Gasteiger partial charge in [-0.3, -0.25) is 0 Å². The molecule has 3 rings (SSSR count). The van der Waals surface area contributed by atoms with Crippen molar-refractivity contribution >= 4 is 11.9 Å². The van der Waals surface area contributed by atoms with Crippen molar-refractivity contribution in [3.8, 4) is 22.7 Å². The van der Waals surface area contributed by atoms with Crippen LogP contribution in [0.4, 0.5) is 4.39 Å². The van der Waals surface area contributed by atoms with Gasteiger partial charge < -0.3 is 14.2 Å². The van der Waals surface area contributed by atoms with Gasteiger partial charge in [-0.05, 0) is 36.8 Å². The smallest absolute Gasteiger partial charge is 0.357 e. The van der Waals surface area contributed by atoms with E-state index in [2.05, 4.69) is 12.0 Å². The third kappa shape index (κ3) is 4.80. The summed E-state index contributed by atoms with van der Waals surface area (Å²) in [7, 11) is 2.40. The number of unbranched alkanes of at least 4 members (excludes halogenated alkanes) is 2. The van der Waals surface area contributed by atoms with Gasteiger partial charge in [-0.25, -0.2) is 18.7 Å². The largest absolute Gasteiger partial charge is 0.493 e. The molecule has 0 bridgehead atoms. The highest BCUT2D eigenvalue weighted by Gasteiger charge is 2.32. The third-order valence-corrected chi connectivity index (χ3v) is 4.86. The fourth-order valence-corrected chi connectivity index (χ4v) is 3.29. The fourth-order valence-electron chi connectivity index (χ4n) is 3.29. The van der Waals surface area contributed by atoms with Crippen molar-refractivity contribution in [3.05, 3.63) is 65.6 Å². The van der Waals surface area contributed by atoms with Crippen molar-refractivity contribution in [2.45, 2.75) is 26.2 Å². The summed E-state index contributed by atoms with van der Waals surface area (Å²) in [6.45, 7) is 2.50. The molecule has 0 spiro atoms. The van der Waals surface area contributed by atoms with Crippen molar-refractivity contribution < 1.29 is 28.2 Å². The van der Waals surface area contributed by atoms with Gasteiger partial charge in [0.1, 0.15) is 22.8 Å². The standard InChI is InChI=1S/C24H25FN2O5/c1-4-5-9-14-32-19-13-12-16(25)15-18(19)21-20(23(28)30-2)22(24(29)31-3)27(26-21)17-10-7-6-8-11-17/h6-8,10-13,15H,4-5,9,14H2,1-3H3. The molecule has 0 N–H and O–H groups in total. The van der Waals surface area contributed by atoms with Crippen molar-refractivity contribution in [2.75, 3.05) is 20.8 Å². The first-order chi connectivity index (χ1) is 15.5. The Balaban J connectivity index is 2.25. The number of halogens is 1. The number of rotatable bonds is 9. The van der Waals surface area contributed by atoms with Gasteiger partial charge in [0, 0.05) is 5.56 Å². The van der Waals surface area contributed by atoms with Gasteiger partial charge in [0.25, 0.3) is 0 Å². The average molecular weight is 440 g/mol. The van der Waals surface area contributed by atoms with Crippen LogP contribution in [0.25, 0.3) is 16.9 Å². The molecule has 0 amide bonds. The molecule has 2 aromatic carbocycles. The fraction of sp³-hybridized carbons (Fsp3) is 0.292. The lowest BCUT2D eigenvalue weighted by Gasteiger charge is -2.11. The van der Waals surface area contributed by atoms with Crippen LogP contribution in [-0.4, -0.2) is 42.5 Å². The van der Waals surface area contributed by atoms with Gasteiger partial charge in [0.2, 0.25) is 0 Å². The average Bonchev–Trinajstić information content (AvgIpc) is 3.22. The quantitative estimate of drug-likeness (QED) is 0.351. The van der Waals surface area contributed by atoms with Crippen LogP contribution < -0.4 is 4.74 Å². The van der Waals surface area contributed by atoms with Crippen LogP contribution in [-0.2, 0) is 9.47 Å². The zero-order valence-electron chi connectivity index (χ0n) is 18.3. The number of carbonyl (C=O) groups excluding carboxylic acids is 2. The van der Waals surface area contributed by atoms with E-state index in [-0.39, 0.29) is 22.5 Å². The zero-order chi connectivity index (χ0) is 23.1. The summed E-state index contributed by atoms with van der Waals surface area (Å²) in [6, 6.07) is 12.8.